The smallest absolute Gasteiger partial charge is 0.360 e. The third-order valence-corrected chi connectivity index (χ3v) is 4.73. The van der Waals surface area contributed by atoms with Crippen LogP contribution >= 0.6 is 0 Å². The summed E-state index contributed by atoms with van der Waals surface area (Å²) < 4.78 is 6.20. The molecule has 28 heavy (non-hydrogen) atoms. The number of amides is 3. The van der Waals surface area contributed by atoms with Gasteiger partial charge in [-0.05, 0) is 25.8 Å². The van der Waals surface area contributed by atoms with Gasteiger partial charge < -0.3 is 10.1 Å². The summed E-state index contributed by atoms with van der Waals surface area (Å²) in [5.41, 5.74) is -0.422. The molecule has 9 heteroatoms. The van der Waals surface area contributed by atoms with Crippen LogP contribution in [-0.2, 0) is 16.6 Å². The molecule has 0 bridgehead atoms. The summed E-state index contributed by atoms with van der Waals surface area (Å²) in [7, 11) is 1.43. The van der Waals surface area contributed by atoms with Gasteiger partial charge in [-0.2, -0.15) is 5.10 Å². The van der Waals surface area contributed by atoms with Gasteiger partial charge in [0, 0.05) is 18.5 Å². The second-order valence-corrected chi connectivity index (χ2v) is 6.81. The summed E-state index contributed by atoms with van der Waals surface area (Å²) >= 11 is 0. The van der Waals surface area contributed by atoms with Crippen molar-refractivity contribution in [1.82, 2.24) is 20.4 Å². The first-order valence-corrected chi connectivity index (χ1v) is 9.15. The Balaban J connectivity index is 1.68. The predicted molar refractivity (Wildman–Crippen MR) is 101 cm³/mol. The lowest BCUT2D eigenvalue weighted by Gasteiger charge is -2.16. The van der Waals surface area contributed by atoms with Crippen LogP contribution < -0.4 is 16.2 Å². The highest BCUT2D eigenvalue weighted by Gasteiger charge is 2.25. The van der Waals surface area contributed by atoms with E-state index in [0.717, 1.165) is 30.4 Å². The van der Waals surface area contributed by atoms with Crippen LogP contribution in [0.1, 0.15) is 43.1 Å². The Morgan fingerprint density at radius 1 is 1.18 bits per heavy atom. The van der Waals surface area contributed by atoms with Crippen molar-refractivity contribution in [2.45, 2.75) is 44.8 Å². The topological polar surface area (TPSA) is 119 Å². The molecule has 1 saturated carbocycles. The van der Waals surface area contributed by atoms with Crippen LogP contribution in [0.3, 0.4) is 0 Å². The van der Waals surface area contributed by atoms with Gasteiger partial charge in [-0.15, -0.1) is 0 Å². The molecule has 3 rings (SSSR count). The number of fused-ring (bicyclic) bond motifs is 1. The lowest BCUT2D eigenvalue weighted by Crippen LogP contribution is -2.47. The average Bonchev–Trinajstić information content (AvgIpc) is 3.17. The Bertz CT molecular complexity index is 978. The summed E-state index contributed by atoms with van der Waals surface area (Å²) in [5, 5.41) is 9.52. The quantitative estimate of drug-likeness (QED) is 0.763. The van der Waals surface area contributed by atoms with Crippen molar-refractivity contribution in [1.29, 1.82) is 0 Å². The highest BCUT2D eigenvalue weighted by atomic mass is 16.5. The molecule has 1 atom stereocenters. The van der Waals surface area contributed by atoms with Crippen LogP contribution in [0.2, 0.25) is 0 Å². The largest absolute Gasteiger partial charge is 0.448 e. The molecule has 3 amide bonds. The number of imide groups is 1. The van der Waals surface area contributed by atoms with E-state index in [2.05, 4.69) is 15.7 Å². The first kappa shape index (κ1) is 19.5. The SMILES string of the molecule is CC(OC(=O)c1nn(C)c(=O)c2ccccc12)C(=O)NC(=O)NC1CCCC1. The van der Waals surface area contributed by atoms with Gasteiger partial charge >= 0.3 is 12.0 Å². The monoisotopic (exact) mass is 386 g/mol. The third-order valence-electron chi connectivity index (χ3n) is 4.73. The fourth-order valence-electron chi connectivity index (χ4n) is 3.23. The number of aryl methyl sites for hydroxylation is 1. The van der Waals surface area contributed by atoms with E-state index < -0.39 is 24.0 Å². The van der Waals surface area contributed by atoms with Crippen molar-refractivity contribution in [2.24, 2.45) is 7.05 Å². The molecule has 0 aliphatic heterocycles. The summed E-state index contributed by atoms with van der Waals surface area (Å²) in [6, 6.07) is 5.97. The van der Waals surface area contributed by atoms with E-state index in [1.807, 2.05) is 0 Å². The number of aromatic nitrogens is 2. The van der Waals surface area contributed by atoms with Crippen molar-refractivity contribution < 1.29 is 19.1 Å². The van der Waals surface area contributed by atoms with E-state index in [4.69, 9.17) is 4.74 Å². The molecule has 1 aliphatic rings. The number of benzene rings is 1. The fourth-order valence-corrected chi connectivity index (χ4v) is 3.23. The minimum atomic E-state index is -1.21. The molecular weight excluding hydrogens is 364 g/mol. The van der Waals surface area contributed by atoms with Crippen molar-refractivity contribution in [3.63, 3.8) is 0 Å². The standard InChI is InChI=1S/C19H22N4O5/c1-11(16(24)21-19(27)20-12-7-3-4-8-12)28-18(26)15-13-9-5-6-10-14(13)17(25)23(2)22-15/h5-6,9-12H,3-4,7-8H2,1-2H3,(H2,20,21,24,27). The number of urea groups is 1. The zero-order valence-electron chi connectivity index (χ0n) is 15.7. The van der Waals surface area contributed by atoms with Crippen LogP contribution in [0, 0.1) is 0 Å². The lowest BCUT2D eigenvalue weighted by atomic mass is 10.1. The zero-order valence-corrected chi connectivity index (χ0v) is 15.7. The van der Waals surface area contributed by atoms with Crippen LogP contribution in [0.4, 0.5) is 4.79 Å². The van der Waals surface area contributed by atoms with Crippen LogP contribution in [0.15, 0.2) is 29.1 Å². The molecule has 2 aromatic rings. The van der Waals surface area contributed by atoms with Crippen molar-refractivity contribution in [3.05, 3.63) is 40.3 Å². The summed E-state index contributed by atoms with van der Waals surface area (Å²) in [4.78, 5) is 48.7. The Kier molecular flexibility index (Phi) is 5.72. The first-order chi connectivity index (χ1) is 13.4. The van der Waals surface area contributed by atoms with Crippen LogP contribution in [0.25, 0.3) is 10.8 Å². The van der Waals surface area contributed by atoms with Crippen LogP contribution in [-0.4, -0.2) is 39.8 Å². The number of nitrogens with one attached hydrogen (secondary N) is 2. The highest BCUT2D eigenvalue weighted by Crippen LogP contribution is 2.17. The Morgan fingerprint density at radius 2 is 1.82 bits per heavy atom. The number of rotatable bonds is 4. The molecule has 1 fully saturated rings. The molecule has 1 heterocycles. The molecule has 1 aliphatic carbocycles. The van der Waals surface area contributed by atoms with E-state index >= 15 is 0 Å². The number of hydrogen-bond donors (Lipinski definition) is 2. The predicted octanol–water partition coefficient (Wildman–Crippen LogP) is 1.25. The molecule has 0 radical (unpaired) electrons. The number of carbonyl (C=O) groups is 3. The number of nitrogens with zero attached hydrogens (tertiary/aromatic N) is 2. The lowest BCUT2D eigenvalue weighted by molar-refractivity contribution is -0.127. The molecule has 2 N–H and O–H groups in total. The normalized spacial score (nSPS) is 15.2. The van der Waals surface area contributed by atoms with E-state index in [0.29, 0.717) is 10.8 Å². The van der Waals surface area contributed by atoms with Gasteiger partial charge in [-0.1, -0.05) is 31.0 Å². The minimum Gasteiger partial charge on any atom is -0.448 e. The molecule has 0 saturated heterocycles. The van der Waals surface area contributed by atoms with E-state index in [9.17, 15) is 19.2 Å². The van der Waals surface area contributed by atoms with Gasteiger partial charge in [-0.3, -0.25) is 14.9 Å². The van der Waals surface area contributed by atoms with Crippen molar-refractivity contribution >= 4 is 28.7 Å². The summed E-state index contributed by atoms with van der Waals surface area (Å²) in [5.74, 6) is -1.59. The third kappa shape index (κ3) is 4.19. The Labute approximate surface area is 161 Å². The highest BCUT2D eigenvalue weighted by molar-refractivity contribution is 6.03. The maximum Gasteiger partial charge on any atom is 0.360 e. The molecule has 148 valence electrons. The van der Waals surface area contributed by atoms with Crippen LogP contribution in [0.5, 0.6) is 0 Å². The molecule has 9 nitrogen and oxygen atoms in total. The fraction of sp³-hybridized carbons (Fsp3) is 0.421. The molecule has 1 aromatic carbocycles. The average molecular weight is 386 g/mol. The van der Waals surface area contributed by atoms with Crippen molar-refractivity contribution in [2.75, 3.05) is 0 Å². The van der Waals surface area contributed by atoms with Gasteiger partial charge in [0.1, 0.15) is 0 Å². The zero-order chi connectivity index (χ0) is 20.3. The number of ether oxygens (including phenoxy) is 1. The maximum atomic E-state index is 12.5. The number of hydrogen-bond acceptors (Lipinski definition) is 6. The van der Waals surface area contributed by atoms with Gasteiger partial charge in [0.25, 0.3) is 11.5 Å². The molecule has 1 aromatic heterocycles. The minimum absolute atomic E-state index is 0.0619. The Hall–Kier alpha value is -3.23. The summed E-state index contributed by atoms with van der Waals surface area (Å²) in [6.45, 7) is 1.36. The van der Waals surface area contributed by atoms with Gasteiger partial charge in [-0.25, -0.2) is 14.3 Å². The molecular formula is C19H22N4O5. The maximum absolute atomic E-state index is 12.5. The molecule has 1 unspecified atom stereocenters. The van der Waals surface area contributed by atoms with E-state index in [1.54, 1.807) is 24.3 Å². The number of esters is 1. The Morgan fingerprint density at radius 3 is 2.50 bits per heavy atom. The second kappa shape index (κ2) is 8.20. The van der Waals surface area contributed by atoms with Gasteiger partial charge in [0.05, 0.1) is 5.39 Å². The molecule has 0 spiro atoms. The second-order valence-electron chi connectivity index (χ2n) is 6.81. The number of carbonyl (C=O) groups excluding carboxylic acids is 3. The van der Waals surface area contributed by atoms with Crippen molar-refractivity contribution in [3.8, 4) is 0 Å². The van der Waals surface area contributed by atoms with E-state index in [-0.39, 0.29) is 17.3 Å². The van der Waals surface area contributed by atoms with E-state index in [1.165, 1.54) is 14.0 Å². The summed E-state index contributed by atoms with van der Waals surface area (Å²) in [6.07, 6.45) is 2.66. The van der Waals surface area contributed by atoms with Gasteiger partial charge in [0.15, 0.2) is 11.8 Å². The van der Waals surface area contributed by atoms with Gasteiger partial charge in [0.2, 0.25) is 0 Å². The first-order valence-electron chi connectivity index (χ1n) is 9.15.